The predicted octanol–water partition coefficient (Wildman–Crippen LogP) is 7.41. The zero-order valence-corrected chi connectivity index (χ0v) is 27.3. The van der Waals surface area contributed by atoms with Crippen LogP contribution in [0.4, 0.5) is 5.69 Å². The number of nitrogens with one attached hydrogen (secondary N) is 1. The van der Waals surface area contributed by atoms with Crippen molar-refractivity contribution in [2.45, 2.75) is 75.9 Å². The summed E-state index contributed by atoms with van der Waals surface area (Å²) in [4.78, 5) is 29.4. The van der Waals surface area contributed by atoms with Crippen molar-refractivity contribution in [3.8, 4) is 0 Å². The Labute approximate surface area is 269 Å². The first-order valence-electron chi connectivity index (χ1n) is 14.4. The lowest BCUT2D eigenvalue weighted by molar-refractivity contribution is -0.140. The fraction of sp³-hybridized carbons (Fsp3) is 0.375. The van der Waals surface area contributed by atoms with Crippen LogP contribution < -0.4 is 9.62 Å². The summed E-state index contributed by atoms with van der Waals surface area (Å²) in [5.41, 5.74) is 1.66. The maximum Gasteiger partial charge on any atom is 0.264 e. The SMILES string of the molecule is CC[C@H](C(=O)NC1CCCCC1)N(Cc1ccc(Cl)c(Cl)c1)C(=O)CN(c1ccc(C)c(Cl)c1)S(=O)(=O)c1ccccc1. The summed E-state index contributed by atoms with van der Waals surface area (Å²) >= 11 is 18.8. The second-order valence-corrected chi connectivity index (χ2v) is 13.9. The number of sulfonamides is 1. The van der Waals surface area contributed by atoms with E-state index in [1.54, 1.807) is 48.5 Å². The molecule has 11 heteroatoms. The lowest BCUT2D eigenvalue weighted by Gasteiger charge is -2.34. The standard InChI is InChI=1S/C32H36Cl3N3O4S/c1-3-30(32(40)36-24-10-6-4-7-11-24)37(20-23-15-17-27(33)29(35)18-23)31(39)21-38(25-16-14-22(2)28(34)19-25)43(41,42)26-12-8-5-9-13-26/h5,8-9,12-19,24,30H,3-4,6-7,10-11,20-21H2,1-2H3,(H,36,40)/t30-/m1/s1. The third-order valence-corrected chi connectivity index (χ3v) is 10.7. The molecule has 230 valence electrons. The molecule has 0 bridgehead atoms. The summed E-state index contributed by atoms with van der Waals surface area (Å²) in [5.74, 6) is -0.813. The second-order valence-electron chi connectivity index (χ2n) is 10.8. The molecule has 4 rings (SSSR count). The number of benzene rings is 3. The van der Waals surface area contributed by atoms with Crippen molar-refractivity contribution in [3.63, 3.8) is 0 Å². The highest BCUT2D eigenvalue weighted by Crippen LogP contribution is 2.29. The molecule has 3 aromatic carbocycles. The molecular formula is C32H36Cl3N3O4S. The van der Waals surface area contributed by atoms with Gasteiger partial charge in [0.15, 0.2) is 0 Å². The van der Waals surface area contributed by atoms with Crippen LogP contribution in [0.15, 0.2) is 71.6 Å². The second kappa shape index (κ2) is 14.8. The van der Waals surface area contributed by atoms with Gasteiger partial charge in [0.1, 0.15) is 12.6 Å². The van der Waals surface area contributed by atoms with Gasteiger partial charge in [0, 0.05) is 17.6 Å². The van der Waals surface area contributed by atoms with E-state index < -0.39 is 28.5 Å². The maximum absolute atomic E-state index is 14.3. The molecule has 1 saturated carbocycles. The van der Waals surface area contributed by atoms with Crippen LogP contribution in [0, 0.1) is 6.92 Å². The normalized spacial score (nSPS) is 14.6. The fourth-order valence-electron chi connectivity index (χ4n) is 5.28. The van der Waals surface area contributed by atoms with Gasteiger partial charge in [-0.25, -0.2) is 8.42 Å². The molecule has 1 fully saturated rings. The minimum absolute atomic E-state index is 0.0256. The monoisotopic (exact) mass is 663 g/mol. The third-order valence-electron chi connectivity index (χ3n) is 7.73. The Morgan fingerprint density at radius 2 is 1.60 bits per heavy atom. The van der Waals surface area contributed by atoms with Crippen molar-refractivity contribution in [1.82, 2.24) is 10.2 Å². The number of aryl methyl sites for hydroxylation is 1. The lowest BCUT2D eigenvalue weighted by atomic mass is 9.95. The Kier molecular flexibility index (Phi) is 11.4. The largest absolute Gasteiger partial charge is 0.352 e. The Hall–Kier alpha value is -2.78. The number of hydrogen-bond donors (Lipinski definition) is 1. The van der Waals surface area contributed by atoms with Gasteiger partial charge in [0.05, 0.1) is 20.6 Å². The third kappa shape index (κ3) is 8.24. The van der Waals surface area contributed by atoms with E-state index >= 15 is 0 Å². The van der Waals surface area contributed by atoms with Gasteiger partial charge in [-0.2, -0.15) is 0 Å². The molecule has 3 aromatic rings. The van der Waals surface area contributed by atoms with Crippen LogP contribution in [0.1, 0.15) is 56.6 Å². The van der Waals surface area contributed by atoms with E-state index in [1.807, 2.05) is 13.8 Å². The van der Waals surface area contributed by atoms with Crippen molar-refractivity contribution in [2.24, 2.45) is 0 Å². The van der Waals surface area contributed by atoms with Crippen LogP contribution in [-0.2, 0) is 26.2 Å². The van der Waals surface area contributed by atoms with Crippen molar-refractivity contribution in [1.29, 1.82) is 0 Å². The topological polar surface area (TPSA) is 86.8 Å². The number of nitrogens with zero attached hydrogens (tertiary/aromatic N) is 2. The van der Waals surface area contributed by atoms with Crippen LogP contribution in [0.3, 0.4) is 0 Å². The molecule has 0 saturated heterocycles. The predicted molar refractivity (Wildman–Crippen MR) is 173 cm³/mol. The summed E-state index contributed by atoms with van der Waals surface area (Å²) in [6, 6.07) is 17.0. The molecule has 1 atom stereocenters. The summed E-state index contributed by atoms with van der Waals surface area (Å²) in [6.07, 6.45) is 5.33. The molecule has 1 aliphatic carbocycles. The first-order valence-corrected chi connectivity index (χ1v) is 17.0. The molecule has 1 N–H and O–H groups in total. The molecule has 0 unspecified atom stereocenters. The van der Waals surface area contributed by atoms with Gasteiger partial charge >= 0.3 is 0 Å². The molecule has 0 aromatic heterocycles. The highest BCUT2D eigenvalue weighted by Gasteiger charge is 2.34. The summed E-state index contributed by atoms with van der Waals surface area (Å²) in [7, 11) is -4.18. The Bertz CT molecular complexity index is 1550. The average Bonchev–Trinajstić information content (AvgIpc) is 3.00. The summed E-state index contributed by atoms with van der Waals surface area (Å²) in [5, 5.41) is 4.18. The van der Waals surface area contributed by atoms with Crippen LogP contribution in [0.2, 0.25) is 15.1 Å². The van der Waals surface area contributed by atoms with Crippen LogP contribution in [-0.4, -0.2) is 43.8 Å². The van der Waals surface area contributed by atoms with E-state index in [2.05, 4.69) is 5.32 Å². The first-order chi connectivity index (χ1) is 20.5. The zero-order chi connectivity index (χ0) is 31.1. The van der Waals surface area contributed by atoms with Crippen molar-refractivity contribution < 1.29 is 18.0 Å². The van der Waals surface area contributed by atoms with Gasteiger partial charge in [-0.05, 0) is 73.7 Å². The van der Waals surface area contributed by atoms with Crippen molar-refractivity contribution in [3.05, 3.63) is 92.9 Å². The number of anilines is 1. The zero-order valence-electron chi connectivity index (χ0n) is 24.2. The summed E-state index contributed by atoms with van der Waals surface area (Å²) in [6.45, 7) is 3.12. The molecule has 2 amide bonds. The molecule has 0 radical (unpaired) electrons. The minimum Gasteiger partial charge on any atom is -0.352 e. The smallest absolute Gasteiger partial charge is 0.264 e. The highest BCUT2D eigenvalue weighted by atomic mass is 35.5. The van der Waals surface area contributed by atoms with Crippen molar-refractivity contribution in [2.75, 3.05) is 10.8 Å². The van der Waals surface area contributed by atoms with Gasteiger partial charge in [-0.1, -0.05) is 91.3 Å². The molecule has 0 heterocycles. The van der Waals surface area contributed by atoms with E-state index in [9.17, 15) is 18.0 Å². The maximum atomic E-state index is 14.3. The number of halogens is 3. The molecular weight excluding hydrogens is 629 g/mol. The Morgan fingerprint density at radius 3 is 2.23 bits per heavy atom. The molecule has 43 heavy (non-hydrogen) atoms. The number of carbonyl (C=O) groups excluding carboxylic acids is 2. The van der Waals surface area contributed by atoms with E-state index in [4.69, 9.17) is 34.8 Å². The highest BCUT2D eigenvalue weighted by molar-refractivity contribution is 7.92. The van der Waals surface area contributed by atoms with E-state index in [-0.39, 0.29) is 29.1 Å². The Morgan fingerprint density at radius 1 is 0.907 bits per heavy atom. The molecule has 0 aliphatic heterocycles. The number of hydrogen-bond acceptors (Lipinski definition) is 4. The van der Waals surface area contributed by atoms with Crippen molar-refractivity contribution >= 4 is 62.3 Å². The van der Waals surface area contributed by atoms with Gasteiger partial charge in [-0.3, -0.25) is 13.9 Å². The van der Waals surface area contributed by atoms with Gasteiger partial charge in [0.2, 0.25) is 11.8 Å². The van der Waals surface area contributed by atoms with Gasteiger partial charge < -0.3 is 10.2 Å². The number of amides is 2. The molecule has 0 spiro atoms. The lowest BCUT2D eigenvalue weighted by Crippen LogP contribution is -2.54. The number of carbonyl (C=O) groups is 2. The number of rotatable bonds is 11. The molecule has 7 nitrogen and oxygen atoms in total. The summed E-state index contributed by atoms with van der Waals surface area (Å²) < 4.78 is 29.0. The van der Waals surface area contributed by atoms with Gasteiger partial charge in [0.25, 0.3) is 10.0 Å². The fourth-order valence-corrected chi connectivity index (χ4v) is 7.21. The van der Waals surface area contributed by atoms with Crippen LogP contribution in [0.25, 0.3) is 0 Å². The Balaban J connectivity index is 1.73. The quantitative estimate of drug-likeness (QED) is 0.231. The average molecular weight is 665 g/mol. The first kappa shape index (κ1) is 33.1. The van der Waals surface area contributed by atoms with Crippen LogP contribution >= 0.6 is 34.8 Å². The van der Waals surface area contributed by atoms with Crippen LogP contribution in [0.5, 0.6) is 0 Å². The van der Waals surface area contributed by atoms with E-state index in [1.165, 1.54) is 23.1 Å². The van der Waals surface area contributed by atoms with E-state index in [0.717, 1.165) is 42.0 Å². The van der Waals surface area contributed by atoms with E-state index in [0.29, 0.717) is 27.1 Å². The minimum atomic E-state index is -4.18. The van der Waals surface area contributed by atoms with Gasteiger partial charge in [-0.15, -0.1) is 0 Å². The molecule has 1 aliphatic rings.